The van der Waals surface area contributed by atoms with Crippen molar-refractivity contribution in [3.05, 3.63) is 53.9 Å². The first-order valence-electron chi connectivity index (χ1n) is 12.7. The smallest absolute Gasteiger partial charge is 0.207 e. The maximum Gasteiger partial charge on any atom is 0.207 e. The molecular weight excluding hydrogens is 493 g/mol. The van der Waals surface area contributed by atoms with Gasteiger partial charge in [0.1, 0.15) is 24.0 Å². The molecule has 0 bridgehead atoms. The Morgan fingerprint density at radius 1 is 1.13 bits per heavy atom. The highest BCUT2D eigenvalue weighted by Crippen LogP contribution is 2.33. The van der Waals surface area contributed by atoms with Gasteiger partial charge in [-0.25, -0.2) is 9.37 Å². The summed E-state index contributed by atoms with van der Waals surface area (Å²) in [5, 5.41) is 12.7. The summed E-state index contributed by atoms with van der Waals surface area (Å²) in [6, 6.07) is 11.1. The number of H-pyrrole nitrogens is 1. The number of benzene rings is 1. The average Bonchev–Trinajstić information content (AvgIpc) is 3.61. The molecule has 3 N–H and O–H groups in total. The largest absolute Gasteiger partial charge is 0.470 e. The number of fused-ring (bicyclic) bond motifs is 2. The molecule has 1 aromatic carbocycles. The van der Waals surface area contributed by atoms with Crippen molar-refractivity contribution in [2.75, 3.05) is 27.4 Å². The number of nitrogens with one attached hydrogen (secondary N) is 2. The van der Waals surface area contributed by atoms with Gasteiger partial charge in [0.15, 0.2) is 17.8 Å². The van der Waals surface area contributed by atoms with Crippen LogP contribution in [0.25, 0.3) is 27.9 Å². The van der Waals surface area contributed by atoms with Gasteiger partial charge in [0.05, 0.1) is 24.2 Å². The van der Waals surface area contributed by atoms with E-state index in [0.717, 1.165) is 31.2 Å². The Bertz CT molecular complexity index is 1290. The summed E-state index contributed by atoms with van der Waals surface area (Å²) in [5.41, 5.74) is 4.41. The van der Waals surface area contributed by atoms with Crippen molar-refractivity contribution in [2.45, 2.75) is 49.7 Å². The van der Waals surface area contributed by atoms with Crippen LogP contribution in [-0.2, 0) is 19.0 Å². The summed E-state index contributed by atoms with van der Waals surface area (Å²) in [6.07, 6.45) is 3.78. The van der Waals surface area contributed by atoms with E-state index in [-0.39, 0.29) is 36.7 Å². The molecule has 2 fully saturated rings. The van der Waals surface area contributed by atoms with Crippen LogP contribution >= 0.6 is 0 Å². The molecule has 0 spiro atoms. The molecule has 0 saturated carbocycles. The molecule has 1 aliphatic carbocycles. The molecule has 38 heavy (non-hydrogen) atoms. The van der Waals surface area contributed by atoms with Crippen molar-refractivity contribution in [1.82, 2.24) is 15.3 Å². The Labute approximate surface area is 219 Å². The number of rotatable bonds is 6. The molecule has 3 aromatic rings. The number of aliphatic hydroxyl groups excluding tert-OH is 1. The van der Waals surface area contributed by atoms with Gasteiger partial charge in [0.2, 0.25) is 6.41 Å². The third-order valence-corrected chi connectivity index (χ3v) is 7.04. The van der Waals surface area contributed by atoms with Gasteiger partial charge in [-0.2, -0.15) is 0 Å². The van der Waals surface area contributed by atoms with Crippen LogP contribution in [0.4, 0.5) is 4.39 Å². The summed E-state index contributed by atoms with van der Waals surface area (Å²) in [5.74, 6) is 0.0232. The third-order valence-electron chi connectivity index (χ3n) is 7.04. The fourth-order valence-corrected chi connectivity index (χ4v) is 5.17. The number of carbonyl (C=O) groups excluding carboxylic acids is 1. The van der Waals surface area contributed by atoms with Gasteiger partial charge < -0.3 is 34.4 Å². The SMILES string of the molecule is COC.O=CNC1CC=C(c2ccc(-c3nc4cc(OC5CO[C@@H]6C(O)CO[C@H]56)[nH]c4cc3F)cc2)CC1. The van der Waals surface area contributed by atoms with Crippen LogP contribution < -0.4 is 10.1 Å². The molecule has 3 aliphatic rings. The zero-order valence-electron chi connectivity index (χ0n) is 21.4. The first kappa shape index (κ1) is 26.3. The highest BCUT2D eigenvalue weighted by molar-refractivity contribution is 5.81. The Morgan fingerprint density at radius 3 is 2.58 bits per heavy atom. The number of allylic oxidation sites excluding steroid dienone is 1. The van der Waals surface area contributed by atoms with Crippen LogP contribution in [0.1, 0.15) is 24.8 Å². The quantitative estimate of drug-likeness (QED) is 0.424. The predicted molar refractivity (Wildman–Crippen MR) is 139 cm³/mol. The van der Waals surface area contributed by atoms with Crippen LogP contribution in [0.5, 0.6) is 5.88 Å². The van der Waals surface area contributed by atoms with Crippen molar-refractivity contribution in [3.63, 3.8) is 0 Å². The number of halogens is 1. The summed E-state index contributed by atoms with van der Waals surface area (Å²) >= 11 is 0. The highest BCUT2D eigenvalue weighted by atomic mass is 19.1. The summed E-state index contributed by atoms with van der Waals surface area (Å²) in [7, 11) is 3.25. The van der Waals surface area contributed by atoms with Crippen LogP contribution in [0.3, 0.4) is 0 Å². The monoisotopic (exact) mass is 525 g/mol. The second-order valence-corrected chi connectivity index (χ2v) is 9.68. The first-order chi connectivity index (χ1) is 18.5. The van der Waals surface area contributed by atoms with Gasteiger partial charge in [0.25, 0.3) is 0 Å². The van der Waals surface area contributed by atoms with Gasteiger partial charge in [-0.1, -0.05) is 30.3 Å². The van der Waals surface area contributed by atoms with Gasteiger partial charge in [-0.05, 0) is 30.4 Å². The first-order valence-corrected chi connectivity index (χ1v) is 12.7. The van der Waals surface area contributed by atoms with E-state index in [1.807, 2.05) is 24.3 Å². The minimum absolute atomic E-state index is 0.190. The van der Waals surface area contributed by atoms with Crippen molar-refractivity contribution < 1.29 is 33.2 Å². The Kier molecular flexibility index (Phi) is 8.04. The second-order valence-electron chi connectivity index (χ2n) is 9.68. The second kappa shape index (κ2) is 11.6. The van der Waals surface area contributed by atoms with Gasteiger partial charge in [-0.15, -0.1) is 0 Å². The van der Waals surface area contributed by atoms with Crippen molar-refractivity contribution >= 4 is 23.0 Å². The standard InChI is InChI=1S/C26H26FN3O5.C2H6O/c27-18-9-19-20(10-23(29-19)35-22-12-34-25-21(32)11-33-26(22)25)30-24(18)16-3-1-14(2-4-16)15-5-7-17(8-6-15)28-13-31;1-3-2/h1-5,9-10,13,17,21-22,25-26,29,32H,6-8,11-12H2,(H,28,31);1-2H3/t17?,21?,22?,25-,26-;/m1./s1. The van der Waals surface area contributed by atoms with Gasteiger partial charge in [0, 0.05) is 38.0 Å². The molecule has 2 aromatic heterocycles. The molecule has 6 rings (SSSR count). The predicted octanol–water partition coefficient (Wildman–Crippen LogP) is 3.22. The van der Waals surface area contributed by atoms with Crippen molar-refractivity contribution in [2.24, 2.45) is 0 Å². The number of pyridine rings is 1. The number of ether oxygens (including phenoxy) is 4. The van der Waals surface area contributed by atoms with E-state index in [0.29, 0.717) is 29.1 Å². The molecule has 10 heteroatoms. The van der Waals surface area contributed by atoms with Crippen LogP contribution in [0.2, 0.25) is 0 Å². The van der Waals surface area contributed by atoms with Gasteiger partial charge >= 0.3 is 0 Å². The zero-order chi connectivity index (χ0) is 26.6. The lowest BCUT2D eigenvalue weighted by Gasteiger charge is -2.21. The maximum atomic E-state index is 15.0. The maximum absolute atomic E-state index is 15.0. The Hall–Kier alpha value is -3.31. The number of amides is 1. The Balaban J connectivity index is 0.000000937. The van der Waals surface area contributed by atoms with E-state index < -0.39 is 11.9 Å². The average molecular weight is 526 g/mol. The summed E-state index contributed by atoms with van der Waals surface area (Å²) in [6.45, 7) is 0.540. The zero-order valence-corrected chi connectivity index (χ0v) is 21.4. The van der Waals surface area contributed by atoms with Crippen molar-refractivity contribution in [1.29, 1.82) is 0 Å². The number of hydrogen-bond acceptors (Lipinski definition) is 7. The fraction of sp³-hybridized carbons (Fsp3) is 0.429. The molecule has 9 nitrogen and oxygen atoms in total. The summed E-state index contributed by atoms with van der Waals surface area (Å²) < 4.78 is 36.4. The molecule has 4 heterocycles. The van der Waals surface area contributed by atoms with Crippen LogP contribution in [0, 0.1) is 5.82 Å². The lowest BCUT2D eigenvalue weighted by molar-refractivity contribution is -0.110. The number of aromatic nitrogens is 2. The van der Waals surface area contributed by atoms with Crippen molar-refractivity contribution in [3.8, 4) is 17.1 Å². The molecule has 5 atom stereocenters. The Morgan fingerprint density at radius 2 is 1.87 bits per heavy atom. The normalized spacial score (nSPS) is 26.3. The van der Waals surface area contributed by atoms with E-state index in [2.05, 4.69) is 26.1 Å². The molecule has 2 aliphatic heterocycles. The number of methoxy groups -OCH3 is 1. The number of aliphatic hydroxyl groups is 1. The van der Waals surface area contributed by atoms with E-state index in [9.17, 15) is 14.3 Å². The number of carbonyl (C=O) groups is 1. The van der Waals surface area contributed by atoms with Crippen LogP contribution in [-0.4, -0.2) is 79.4 Å². The van der Waals surface area contributed by atoms with E-state index >= 15 is 0 Å². The fourth-order valence-electron chi connectivity index (χ4n) is 5.17. The van der Waals surface area contributed by atoms with E-state index in [1.165, 1.54) is 11.6 Å². The minimum Gasteiger partial charge on any atom is -0.470 e. The summed E-state index contributed by atoms with van der Waals surface area (Å²) in [4.78, 5) is 18.3. The molecule has 3 unspecified atom stereocenters. The highest BCUT2D eigenvalue weighted by Gasteiger charge is 2.48. The number of nitrogens with zero attached hydrogens (tertiary/aromatic N) is 1. The van der Waals surface area contributed by atoms with E-state index in [4.69, 9.17) is 14.2 Å². The molecule has 2 saturated heterocycles. The molecular formula is C28H32FN3O6. The lowest BCUT2D eigenvalue weighted by Crippen LogP contribution is -2.34. The van der Waals surface area contributed by atoms with Crippen LogP contribution in [0.15, 0.2) is 42.5 Å². The minimum atomic E-state index is -0.646. The van der Waals surface area contributed by atoms with E-state index in [1.54, 1.807) is 20.3 Å². The molecule has 202 valence electrons. The number of aromatic amines is 1. The third kappa shape index (κ3) is 5.44. The van der Waals surface area contributed by atoms with Gasteiger partial charge in [-0.3, -0.25) is 4.79 Å². The number of hydrogen-bond donors (Lipinski definition) is 3. The lowest BCUT2D eigenvalue weighted by atomic mass is 9.90. The topological polar surface area (TPSA) is 115 Å². The molecule has 1 amide bonds. The molecule has 0 radical (unpaired) electrons.